The number of aryl methyl sites for hydroxylation is 2. The molecule has 8 nitrogen and oxygen atoms in total. The van der Waals surface area contributed by atoms with Crippen LogP contribution in [0.2, 0.25) is 0 Å². The van der Waals surface area contributed by atoms with Gasteiger partial charge in [-0.25, -0.2) is 4.98 Å². The average Bonchev–Trinajstić information content (AvgIpc) is 3.07. The highest BCUT2D eigenvalue weighted by molar-refractivity contribution is 5.97. The molecule has 0 unspecified atom stereocenters. The van der Waals surface area contributed by atoms with Crippen molar-refractivity contribution in [3.8, 4) is 5.75 Å². The van der Waals surface area contributed by atoms with Gasteiger partial charge in [-0.3, -0.25) is 14.3 Å². The molecule has 1 saturated heterocycles. The predicted octanol–water partition coefficient (Wildman–Crippen LogP) is 2.71. The Balaban J connectivity index is 1.34. The highest BCUT2D eigenvalue weighted by Crippen LogP contribution is 2.19. The first-order valence-corrected chi connectivity index (χ1v) is 10.6. The van der Waals surface area contributed by atoms with E-state index in [1.807, 2.05) is 44.0 Å². The van der Waals surface area contributed by atoms with Gasteiger partial charge in [-0.05, 0) is 57.0 Å². The van der Waals surface area contributed by atoms with Gasteiger partial charge in [0, 0.05) is 43.3 Å². The van der Waals surface area contributed by atoms with Crippen LogP contribution >= 0.6 is 0 Å². The summed E-state index contributed by atoms with van der Waals surface area (Å²) < 4.78 is 7.14. The minimum Gasteiger partial charge on any atom is -0.494 e. The number of likely N-dealkylation sites (tertiary alicyclic amines) is 1. The zero-order valence-electron chi connectivity index (χ0n) is 18.1. The van der Waals surface area contributed by atoms with Crippen LogP contribution in [-0.4, -0.2) is 57.2 Å². The number of nitrogens with zero attached hydrogens (tertiary/aromatic N) is 4. The quantitative estimate of drug-likeness (QED) is 0.684. The Morgan fingerprint density at radius 1 is 1.16 bits per heavy atom. The molecule has 2 aromatic heterocycles. The summed E-state index contributed by atoms with van der Waals surface area (Å²) >= 11 is 0. The molecule has 0 bridgehead atoms. The van der Waals surface area contributed by atoms with Crippen molar-refractivity contribution in [2.75, 3.05) is 19.7 Å². The van der Waals surface area contributed by atoms with E-state index in [9.17, 15) is 9.59 Å². The van der Waals surface area contributed by atoms with Crippen LogP contribution in [0.25, 0.3) is 11.0 Å². The van der Waals surface area contributed by atoms with E-state index in [1.165, 1.54) is 0 Å². The van der Waals surface area contributed by atoms with Crippen molar-refractivity contribution < 1.29 is 14.3 Å². The van der Waals surface area contributed by atoms with Gasteiger partial charge in [0.1, 0.15) is 5.75 Å². The topological polar surface area (TPSA) is 89.3 Å². The lowest BCUT2D eigenvalue weighted by molar-refractivity contribution is 0.0698. The number of hydrogen-bond acceptors (Lipinski definition) is 5. The molecule has 1 aromatic carbocycles. The Morgan fingerprint density at radius 3 is 2.55 bits per heavy atom. The Kier molecular flexibility index (Phi) is 5.88. The summed E-state index contributed by atoms with van der Waals surface area (Å²) in [5, 5.41) is 8.31. The maximum absolute atomic E-state index is 12.8. The number of pyridine rings is 1. The van der Waals surface area contributed by atoms with Crippen molar-refractivity contribution in [3.63, 3.8) is 0 Å². The zero-order valence-corrected chi connectivity index (χ0v) is 18.1. The summed E-state index contributed by atoms with van der Waals surface area (Å²) in [5.74, 6) is 0.623. The Labute approximate surface area is 181 Å². The van der Waals surface area contributed by atoms with Crippen molar-refractivity contribution in [1.29, 1.82) is 0 Å². The Bertz CT molecular complexity index is 1100. The fourth-order valence-electron chi connectivity index (χ4n) is 3.97. The first kappa shape index (κ1) is 20.8. The van der Waals surface area contributed by atoms with Crippen LogP contribution in [-0.2, 0) is 7.05 Å². The minimum atomic E-state index is -0.144. The van der Waals surface area contributed by atoms with Gasteiger partial charge in [0.25, 0.3) is 11.8 Å². The third-order valence-electron chi connectivity index (χ3n) is 5.65. The third kappa shape index (κ3) is 4.38. The maximum atomic E-state index is 12.8. The van der Waals surface area contributed by atoms with Crippen LogP contribution in [0.5, 0.6) is 5.75 Å². The smallest absolute Gasteiger partial charge is 0.253 e. The zero-order chi connectivity index (χ0) is 22.0. The molecule has 8 heteroatoms. The average molecular weight is 422 g/mol. The number of nitrogens with one attached hydrogen (secondary N) is 1. The largest absolute Gasteiger partial charge is 0.494 e. The van der Waals surface area contributed by atoms with Crippen molar-refractivity contribution >= 4 is 22.8 Å². The molecule has 1 aliphatic rings. The van der Waals surface area contributed by atoms with E-state index in [-0.39, 0.29) is 17.9 Å². The summed E-state index contributed by atoms with van der Waals surface area (Å²) in [7, 11) is 1.84. The van der Waals surface area contributed by atoms with Crippen molar-refractivity contribution in [2.45, 2.75) is 32.7 Å². The Hall–Kier alpha value is -3.42. The standard InChI is InChI=1S/C23H27N5O3/c1-4-31-19-7-5-16(6-8-19)23(30)28-11-9-18(10-12-28)25-22(29)17-13-20-15(2)26-27(3)21(20)24-14-17/h5-8,13-14,18H,4,9-12H2,1-3H3,(H,25,29). The highest BCUT2D eigenvalue weighted by Gasteiger charge is 2.25. The van der Waals surface area contributed by atoms with Crippen LogP contribution in [0, 0.1) is 6.92 Å². The summed E-state index contributed by atoms with van der Waals surface area (Å²) in [6.45, 7) is 5.64. The number of rotatable bonds is 5. The molecule has 0 atom stereocenters. The molecule has 31 heavy (non-hydrogen) atoms. The molecule has 3 aromatic rings. The predicted molar refractivity (Wildman–Crippen MR) is 117 cm³/mol. The molecule has 162 valence electrons. The molecular weight excluding hydrogens is 394 g/mol. The number of ether oxygens (including phenoxy) is 1. The molecule has 0 spiro atoms. The van der Waals surface area contributed by atoms with Crippen molar-refractivity contribution in [3.05, 3.63) is 53.3 Å². The molecule has 0 aliphatic carbocycles. The number of aromatic nitrogens is 3. The van der Waals surface area contributed by atoms with E-state index in [4.69, 9.17) is 4.74 Å². The van der Waals surface area contributed by atoms with Crippen LogP contribution in [0.15, 0.2) is 36.5 Å². The van der Waals surface area contributed by atoms with E-state index < -0.39 is 0 Å². The van der Waals surface area contributed by atoms with Crippen LogP contribution in [0.4, 0.5) is 0 Å². The minimum absolute atomic E-state index is 0.00882. The third-order valence-corrected chi connectivity index (χ3v) is 5.65. The van der Waals surface area contributed by atoms with Crippen molar-refractivity contribution in [1.82, 2.24) is 25.0 Å². The van der Waals surface area contributed by atoms with Crippen LogP contribution in [0.1, 0.15) is 46.2 Å². The van der Waals surface area contributed by atoms with Gasteiger partial charge in [-0.2, -0.15) is 5.10 Å². The molecular formula is C23H27N5O3. The molecule has 0 saturated carbocycles. The van der Waals surface area contributed by atoms with E-state index in [2.05, 4.69) is 15.4 Å². The number of benzene rings is 1. The second kappa shape index (κ2) is 8.75. The second-order valence-corrected chi connectivity index (χ2v) is 7.80. The van der Waals surface area contributed by atoms with Crippen LogP contribution in [0.3, 0.4) is 0 Å². The molecule has 2 amide bonds. The number of piperidine rings is 1. The van der Waals surface area contributed by atoms with Crippen molar-refractivity contribution in [2.24, 2.45) is 7.05 Å². The molecule has 1 aliphatic heterocycles. The number of hydrogen-bond donors (Lipinski definition) is 1. The number of amides is 2. The van der Waals surface area contributed by atoms with Gasteiger partial charge < -0.3 is 15.0 Å². The van der Waals surface area contributed by atoms with Gasteiger partial charge in [0.05, 0.1) is 17.9 Å². The summed E-state index contributed by atoms with van der Waals surface area (Å²) in [6, 6.07) is 9.10. The van der Waals surface area contributed by atoms with Crippen LogP contribution < -0.4 is 10.1 Å². The number of fused-ring (bicyclic) bond motifs is 1. The van der Waals surface area contributed by atoms with Gasteiger partial charge in [-0.15, -0.1) is 0 Å². The van der Waals surface area contributed by atoms with Gasteiger partial charge >= 0.3 is 0 Å². The molecule has 3 heterocycles. The summed E-state index contributed by atoms with van der Waals surface area (Å²) in [5.41, 5.74) is 2.78. The monoisotopic (exact) mass is 421 g/mol. The lowest BCUT2D eigenvalue weighted by Gasteiger charge is -2.32. The number of carbonyl (C=O) groups excluding carboxylic acids is 2. The molecule has 4 rings (SSSR count). The van der Waals surface area contributed by atoms with Gasteiger partial charge in [0.15, 0.2) is 5.65 Å². The van der Waals surface area contributed by atoms with E-state index in [0.717, 1.165) is 35.3 Å². The molecule has 1 fully saturated rings. The second-order valence-electron chi connectivity index (χ2n) is 7.80. The van der Waals surface area contributed by atoms with E-state index in [1.54, 1.807) is 23.0 Å². The maximum Gasteiger partial charge on any atom is 0.253 e. The molecule has 1 N–H and O–H groups in total. The molecule has 0 radical (unpaired) electrons. The normalized spacial score (nSPS) is 14.6. The summed E-state index contributed by atoms with van der Waals surface area (Å²) in [6.07, 6.45) is 3.02. The lowest BCUT2D eigenvalue weighted by Crippen LogP contribution is -2.46. The van der Waals surface area contributed by atoms with Gasteiger partial charge in [-0.1, -0.05) is 0 Å². The SMILES string of the molecule is CCOc1ccc(C(=O)N2CCC(NC(=O)c3cnc4c(c3)c(C)nn4C)CC2)cc1. The highest BCUT2D eigenvalue weighted by atomic mass is 16.5. The first-order chi connectivity index (χ1) is 15.0. The van der Waals surface area contributed by atoms with Gasteiger partial charge in [0.2, 0.25) is 0 Å². The summed E-state index contributed by atoms with van der Waals surface area (Å²) in [4.78, 5) is 31.7. The van der Waals surface area contributed by atoms with E-state index in [0.29, 0.717) is 30.8 Å². The lowest BCUT2D eigenvalue weighted by atomic mass is 10.0. The fourth-order valence-corrected chi connectivity index (χ4v) is 3.97. The van der Waals surface area contributed by atoms with E-state index >= 15 is 0 Å². The Morgan fingerprint density at radius 2 is 1.87 bits per heavy atom. The first-order valence-electron chi connectivity index (χ1n) is 10.6. The number of carbonyl (C=O) groups is 2. The fraction of sp³-hybridized carbons (Fsp3) is 0.391.